The minimum absolute atomic E-state index is 0.101. The molecule has 1 amide bonds. The van der Waals surface area contributed by atoms with Gasteiger partial charge in [0.1, 0.15) is 6.54 Å². The van der Waals surface area contributed by atoms with Gasteiger partial charge in [0.05, 0.1) is 10.6 Å². The van der Waals surface area contributed by atoms with E-state index >= 15 is 0 Å². The number of nitrogens with one attached hydrogen (secondary N) is 1. The first-order chi connectivity index (χ1) is 14.3. The monoisotopic (exact) mass is 448 g/mol. The van der Waals surface area contributed by atoms with Crippen molar-refractivity contribution >= 4 is 33.2 Å². The highest BCUT2D eigenvalue weighted by molar-refractivity contribution is 7.92. The van der Waals surface area contributed by atoms with Crippen molar-refractivity contribution in [3.63, 3.8) is 0 Å². The lowest BCUT2D eigenvalue weighted by Crippen LogP contribution is -2.44. The molecule has 0 saturated heterocycles. The maximum absolute atomic E-state index is 13.5. The summed E-state index contributed by atoms with van der Waals surface area (Å²) in [6, 6.07) is 11.8. The summed E-state index contributed by atoms with van der Waals surface area (Å²) in [5.41, 5.74) is 2.11. The van der Waals surface area contributed by atoms with Crippen LogP contribution in [-0.4, -0.2) is 26.9 Å². The number of rotatable bonds is 6. The molecule has 0 spiro atoms. The highest BCUT2D eigenvalue weighted by Gasteiger charge is 2.29. The minimum Gasteiger partial charge on any atom is -0.352 e. The second kappa shape index (κ2) is 9.84. The molecule has 5 nitrogen and oxygen atoms in total. The van der Waals surface area contributed by atoms with E-state index in [1.165, 1.54) is 17.1 Å². The lowest BCUT2D eigenvalue weighted by Gasteiger charge is -2.27. The van der Waals surface area contributed by atoms with E-state index in [0.717, 1.165) is 36.8 Å². The van der Waals surface area contributed by atoms with E-state index in [1.807, 2.05) is 13.8 Å². The molecule has 0 atom stereocenters. The quantitative estimate of drug-likeness (QED) is 0.633. The molecule has 0 aromatic heterocycles. The number of amides is 1. The third-order valence-electron chi connectivity index (χ3n) is 5.56. The van der Waals surface area contributed by atoms with E-state index in [-0.39, 0.29) is 23.4 Å². The van der Waals surface area contributed by atoms with Gasteiger partial charge in [-0.05, 0) is 56.5 Å². The molecule has 162 valence electrons. The van der Waals surface area contributed by atoms with Gasteiger partial charge in [0.2, 0.25) is 5.91 Å². The smallest absolute Gasteiger partial charge is 0.264 e. The molecule has 1 saturated carbocycles. The number of sulfonamides is 1. The van der Waals surface area contributed by atoms with Crippen LogP contribution in [0.15, 0.2) is 47.4 Å². The largest absolute Gasteiger partial charge is 0.352 e. The van der Waals surface area contributed by atoms with Gasteiger partial charge in [0, 0.05) is 11.1 Å². The van der Waals surface area contributed by atoms with Crippen molar-refractivity contribution in [2.45, 2.75) is 63.3 Å². The maximum Gasteiger partial charge on any atom is 0.264 e. The number of halogens is 1. The number of carbonyl (C=O) groups excluding carboxylic acids is 1. The summed E-state index contributed by atoms with van der Waals surface area (Å²) in [7, 11) is -3.94. The molecule has 1 aliphatic carbocycles. The standard InChI is InChI=1S/C23H29ClN2O3S/c1-17-9-13-21(14-10-17)30(28,29)26(22-15-19(24)12-11-18(22)2)16-23(27)25-20-7-5-3-4-6-8-20/h9-15,20H,3-8,16H2,1-2H3,(H,25,27). The van der Waals surface area contributed by atoms with Gasteiger partial charge < -0.3 is 5.32 Å². The summed E-state index contributed by atoms with van der Waals surface area (Å²) in [4.78, 5) is 13.0. The fourth-order valence-electron chi connectivity index (χ4n) is 3.82. The summed E-state index contributed by atoms with van der Waals surface area (Å²) >= 11 is 6.17. The van der Waals surface area contributed by atoms with Gasteiger partial charge in [-0.3, -0.25) is 9.10 Å². The molecule has 3 rings (SSSR count). The van der Waals surface area contributed by atoms with Crippen LogP contribution in [0.5, 0.6) is 0 Å². The predicted octanol–water partition coefficient (Wildman–Crippen LogP) is 4.99. The minimum atomic E-state index is -3.94. The number of aryl methyl sites for hydroxylation is 2. The van der Waals surface area contributed by atoms with Crippen molar-refractivity contribution in [3.8, 4) is 0 Å². The number of nitrogens with zero attached hydrogens (tertiary/aromatic N) is 1. The third-order valence-corrected chi connectivity index (χ3v) is 7.57. The molecule has 0 heterocycles. The van der Waals surface area contributed by atoms with Crippen LogP contribution in [0.1, 0.15) is 49.7 Å². The fraction of sp³-hybridized carbons (Fsp3) is 0.435. The van der Waals surface area contributed by atoms with Crippen molar-refractivity contribution in [2.75, 3.05) is 10.8 Å². The first-order valence-electron chi connectivity index (χ1n) is 10.4. The Morgan fingerprint density at radius 2 is 1.67 bits per heavy atom. The van der Waals surface area contributed by atoms with Crippen molar-refractivity contribution in [3.05, 3.63) is 58.6 Å². The Kier molecular flexibility index (Phi) is 7.42. The molecule has 2 aromatic rings. The summed E-state index contributed by atoms with van der Waals surface area (Å²) in [6.45, 7) is 3.43. The average molecular weight is 449 g/mol. The normalized spacial score (nSPS) is 15.4. The Morgan fingerprint density at radius 3 is 2.30 bits per heavy atom. The number of hydrogen-bond donors (Lipinski definition) is 1. The predicted molar refractivity (Wildman–Crippen MR) is 122 cm³/mol. The Labute approximate surface area is 184 Å². The summed E-state index contributed by atoms with van der Waals surface area (Å²) in [6.07, 6.45) is 6.41. The maximum atomic E-state index is 13.5. The van der Waals surface area contributed by atoms with Crippen molar-refractivity contribution < 1.29 is 13.2 Å². The van der Waals surface area contributed by atoms with Gasteiger partial charge in [-0.15, -0.1) is 0 Å². The van der Waals surface area contributed by atoms with E-state index in [9.17, 15) is 13.2 Å². The first kappa shape index (κ1) is 22.6. The van der Waals surface area contributed by atoms with Gasteiger partial charge in [0.15, 0.2) is 0 Å². The first-order valence-corrected chi connectivity index (χ1v) is 12.2. The molecule has 1 fully saturated rings. The Balaban J connectivity index is 1.92. The topological polar surface area (TPSA) is 66.5 Å². The fourth-order valence-corrected chi connectivity index (χ4v) is 5.46. The molecule has 0 aliphatic heterocycles. The summed E-state index contributed by atoms with van der Waals surface area (Å²) in [5, 5.41) is 3.47. The third kappa shape index (κ3) is 5.55. The van der Waals surface area contributed by atoms with Crippen LogP contribution in [0.25, 0.3) is 0 Å². The van der Waals surface area contributed by atoms with E-state index in [2.05, 4.69) is 5.32 Å². The van der Waals surface area contributed by atoms with Crippen LogP contribution in [0.2, 0.25) is 5.02 Å². The molecule has 1 N–H and O–H groups in total. The van der Waals surface area contributed by atoms with Crippen LogP contribution < -0.4 is 9.62 Å². The zero-order valence-electron chi connectivity index (χ0n) is 17.5. The highest BCUT2D eigenvalue weighted by Crippen LogP contribution is 2.29. The zero-order chi connectivity index (χ0) is 21.7. The second-order valence-electron chi connectivity index (χ2n) is 8.01. The van der Waals surface area contributed by atoms with E-state index < -0.39 is 10.0 Å². The zero-order valence-corrected chi connectivity index (χ0v) is 19.1. The van der Waals surface area contributed by atoms with E-state index in [4.69, 9.17) is 11.6 Å². The van der Waals surface area contributed by atoms with Gasteiger partial charge >= 0.3 is 0 Å². The van der Waals surface area contributed by atoms with Crippen LogP contribution in [-0.2, 0) is 14.8 Å². The summed E-state index contributed by atoms with van der Waals surface area (Å²) < 4.78 is 28.2. The number of carbonyl (C=O) groups is 1. The Morgan fingerprint density at radius 1 is 1.03 bits per heavy atom. The molecule has 0 bridgehead atoms. The van der Waals surface area contributed by atoms with Crippen molar-refractivity contribution in [1.82, 2.24) is 5.32 Å². The molecule has 2 aromatic carbocycles. The lowest BCUT2D eigenvalue weighted by molar-refractivity contribution is -0.120. The molecule has 0 radical (unpaired) electrons. The molecular formula is C23H29ClN2O3S. The van der Waals surface area contributed by atoms with Gasteiger partial charge in [-0.2, -0.15) is 0 Å². The van der Waals surface area contributed by atoms with Crippen LogP contribution in [0, 0.1) is 13.8 Å². The number of benzene rings is 2. The average Bonchev–Trinajstić information content (AvgIpc) is 2.97. The molecule has 1 aliphatic rings. The van der Waals surface area contributed by atoms with Gasteiger partial charge in [-0.25, -0.2) is 8.42 Å². The second-order valence-corrected chi connectivity index (χ2v) is 10.3. The highest BCUT2D eigenvalue weighted by atomic mass is 35.5. The Hall–Kier alpha value is -2.05. The van der Waals surface area contributed by atoms with Gasteiger partial charge in [0.25, 0.3) is 10.0 Å². The van der Waals surface area contributed by atoms with Gasteiger partial charge in [-0.1, -0.05) is 61.0 Å². The molecule has 7 heteroatoms. The molecule has 30 heavy (non-hydrogen) atoms. The number of anilines is 1. The molecule has 0 unspecified atom stereocenters. The van der Waals surface area contributed by atoms with Crippen molar-refractivity contribution in [2.24, 2.45) is 0 Å². The summed E-state index contributed by atoms with van der Waals surface area (Å²) in [5.74, 6) is -0.294. The SMILES string of the molecule is Cc1ccc(S(=O)(=O)N(CC(=O)NC2CCCCCC2)c2cc(Cl)ccc2C)cc1. The number of hydrogen-bond acceptors (Lipinski definition) is 3. The Bertz CT molecular complexity index is 982. The van der Waals surface area contributed by atoms with E-state index in [0.29, 0.717) is 10.7 Å². The van der Waals surface area contributed by atoms with Crippen LogP contribution in [0.4, 0.5) is 5.69 Å². The molecular weight excluding hydrogens is 420 g/mol. The van der Waals surface area contributed by atoms with Crippen LogP contribution in [0.3, 0.4) is 0 Å². The van der Waals surface area contributed by atoms with Crippen LogP contribution >= 0.6 is 11.6 Å². The van der Waals surface area contributed by atoms with Crippen molar-refractivity contribution in [1.29, 1.82) is 0 Å². The van der Waals surface area contributed by atoms with E-state index in [1.54, 1.807) is 42.5 Å². The lowest BCUT2D eigenvalue weighted by atomic mass is 10.1.